The summed E-state index contributed by atoms with van der Waals surface area (Å²) in [6.45, 7) is 20.7. The van der Waals surface area contributed by atoms with Crippen molar-refractivity contribution in [3.05, 3.63) is 138 Å². The predicted octanol–water partition coefficient (Wildman–Crippen LogP) is 12.3. The molecule has 52 heavy (non-hydrogen) atoms. The zero-order valence-corrected chi connectivity index (χ0v) is 35.4. The van der Waals surface area contributed by atoms with Crippen LogP contribution in [0.3, 0.4) is 0 Å². The second-order valence-electron chi connectivity index (χ2n) is 16.3. The first-order valence-electron chi connectivity index (χ1n) is 18.1. The Bertz CT molecular complexity index is 2260. The monoisotopic (exact) mass is 879 g/mol. The number of para-hydroxylation sites is 1. The van der Waals surface area contributed by atoms with E-state index in [9.17, 15) is 0 Å². The van der Waals surface area contributed by atoms with Gasteiger partial charge in [0, 0.05) is 37.9 Å². The van der Waals surface area contributed by atoms with Gasteiger partial charge in [-0.25, -0.2) is 0 Å². The van der Waals surface area contributed by atoms with Crippen LogP contribution >= 0.6 is 0 Å². The van der Waals surface area contributed by atoms with Gasteiger partial charge in [0.15, 0.2) is 0 Å². The molecular formula is C47H50IrN2OSi-2. The molecule has 0 unspecified atom stereocenters. The standard InChI is InChI=1S/C29H26NO.C18H24NSi.Ir/c1-19-18-30-25(16-21(19)17-29(2,3)4)23-15-14-22(20-10-6-5-7-11-20)27-24-12-8-9-13-26(24)31-28(23)27;1-14(2)11-16-12-17(15-9-7-6-8-10-15)19-13-18(16)20(3,4)5;/h5-14,16,18H,17H2,1-4H3;6-9,12-14H,11H2,1-5H3;/q2*-1;. The largest absolute Gasteiger partial charge is 0.501 e. The van der Waals surface area contributed by atoms with Gasteiger partial charge in [0.1, 0.15) is 5.58 Å². The third kappa shape index (κ3) is 9.07. The van der Waals surface area contributed by atoms with Gasteiger partial charge in [-0.05, 0) is 64.7 Å². The van der Waals surface area contributed by atoms with Crippen LogP contribution in [0.1, 0.15) is 51.3 Å². The van der Waals surface area contributed by atoms with Gasteiger partial charge >= 0.3 is 0 Å². The van der Waals surface area contributed by atoms with Crippen LogP contribution in [-0.2, 0) is 32.9 Å². The fraction of sp³-hybridized carbons (Fsp3) is 0.277. The zero-order chi connectivity index (χ0) is 36.3. The van der Waals surface area contributed by atoms with Crippen LogP contribution in [-0.4, -0.2) is 18.0 Å². The molecule has 5 heteroatoms. The van der Waals surface area contributed by atoms with Crippen molar-refractivity contribution in [2.75, 3.05) is 0 Å². The average molecular weight is 879 g/mol. The number of benzene rings is 4. The first-order chi connectivity index (χ1) is 24.3. The van der Waals surface area contributed by atoms with Gasteiger partial charge in [0.05, 0.1) is 13.7 Å². The number of hydrogen-bond donors (Lipinski definition) is 0. The maximum absolute atomic E-state index is 6.40. The minimum Gasteiger partial charge on any atom is -0.501 e. The summed E-state index contributed by atoms with van der Waals surface area (Å²) < 4.78 is 6.40. The van der Waals surface area contributed by atoms with E-state index >= 15 is 0 Å². The van der Waals surface area contributed by atoms with Crippen molar-refractivity contribution < 1.29 is 24.5 Å². The van der Waals surface area contributed by atoms with Gasteiger partial charge in [-0.2, -0.15) is 0 Å². The molecule has 3 heterocycles. The summed E-state index contributed by atoms with van der Waals surface area (Å²) in [5.74, 6) is 0.667. The third-order valence-corrected chi connectivity index (χ3v) is 11.2. The number of furan rings is 1. The number of aromatic nitrogens is 2. The van der Waals surface area contributed by atoms with E-state index in [1.807, 2.05) is 42.6 Å². The Morgan fingerprint density at radius 3 is 2.13 bits per heavy atom. The molecule has 0 fully saturated rings. The van der Waals surface area contributed by atoms with E-state index in [1.54, 1.807) is 0 Å². The minimum absolute atomic E-state index is 0. The Hall–Kier alpha value is -4.15. The van der Waals surface area contributed by atoms with E-state index in [1.165, 1.54) is 21.9 Å². The quantitative estimate of drug-likeness (QED) is 0.118. The molecule has 0 N–H and O–H groups in total. The summed E-state index contributed by atoms with van der Waals surface area (Å²) in [7, 11) is -1.34. The normalized spacial score (nSPS) is 11.7. The van der Waals surface area contributed by atoms with Crippen LogP contribution in [0.4, 0.5) is 0 Å². The van der Waals surface area contributed by atoms with Crippen LogP contribution in [0.5, 0.6) is 0 Å². The van der Waals surface area contributed by atoms with Crippen LogP contribution in [0.25, 0.3) is 55.6 Å². The fourth-order valence-corrected chi connectivity index (χ4v) is 8.34. The molecule has 7 aromatic rings. The van der Waals surface area contributed by atoms with Crippen LogP contribution in [0.2, 0.25) is 19.6 Å². The van der Waals surface area contributed by atoms with E-state index in [4.69, 9.17) is 9.40 Å². The summed E-state index contributed by atoms with van der Waals surface area (Å²) in [5, 5.41) is 3.73. The summed E-state index contributed by atoms with van der Waals surface area (Å²) in [6, 6.07) is 40.1. The molecule has 0 bridgehead atoms. The van der Waals surface area contributed by atoms with E-state index < -0.39 is 8.07 Å². The Balaban J connectivity index is 0.000000217. The number of aryl methyl sites for hydroxylation is 1. The zero-order valence-electron chi connectivity index (χ0n) is 32.0. The van der Waals surface area contributed by atoms with Crippen molar-refractivity contribution in [2.24, 2.45) is 11.3 Å². The number of rotatable bonds is 7. The molecule has 0 saturated carbocycles. The van der Waals surface area contributed by atoms with Gasteiger partial charge in [-0.15, -0.1) is 48.0 Å². The van der Waals surface area contributed by atoms with Crippen molar-refractivity contribution in [3.63, 3.8) is 0 Å². The van der Waals surface area contributed by atoms with E-state index in [-0.39, 0.29) is 25.5 Å². The average Bonchev–Trinajstić information content (AvgIpc) is 3.48. The molecular weight excluding hydrogens is 829 g/mol. The number of nitrogens with zero attached hydrogens (tertiary/aromatic N) is 2. The Morgan fingerprint density at radius 2 is 1.46 bits per heavy atom. The summed E-state index contributed by atoms with van der Waals surface area (Å²) in [5.41, 5.74) is 12.2. The van der Waals surface area contributed by atoms with Gasteiger partial charge in [0.2, 0.25) is 0 Å². The molecule has 1 radical (unpaired) electrons. The summed E-state index contributed by atoms with van der Waals surface area (Å²) in [4.78, 5) is 9.46. The minimum atomic E-state index is -1.34. The van der Waals surface area contributed by atoms with Crippen LogP contribution in [0.15, 0.2) is 114 Å². The number of pyridine rings is 2. The van der Waals surface area contributed by atoms with E-state index in [2.05, 4.69) is 145 Å². The second kappa shape index (κ2) is 16.2. The van der Waals surface area contributed by atoms with E-state index in [0.29, 0.717) is 5.92 Å². The van der Waals surface area contributed by atoms with E-state index in [0.717, 1.165) is 68.4 Å². The van der Waals surface area contributed by atoms with Crippen molar-refractivity contribution in [1.29, 1.82) is 0 Å². The molecule has 0 aliphatic heterocycles. The molecule has 7 rings (SSSR count). The molecule has 3 nitrogen and oxygen atoms in total. The SMILES string of the molecule is CC(C)Cc1cc(-c2[c-]cccc2)ncc1[Si](C)(C)C.Cc1cnc(-c2[c-]cc(-c3ccccc3)c3c2oc2ccccc23)cc1CC(C)(C)C.[Ir]. The van der Waals surface area contributed by atoms with Crippen molar-refractivity contribution >= 4 is 35.2 Å². The van der Waals surface area contributed by atoms with Gasteiger partial charge in [-0.3, -0.25) is 0 Å². The number of fused-ring (bicyclic) bond motifs is 3. The Labute approximate surface area is 325 Å². The van der Waals surface area contributed by atoms with Crippen LogP contribution in [0, 0.1) is 30.4 Å². The molecule has 0 aliphatic rings. The Kier molecular flexibility index (Phi) is 12.2. The maximum atomic E-state index is 6.40. The second-order valence-corrected chi connectivity index (χ2v) is 21.4. The predicted molar refractivity (Wildman–Crippen MR) is 219 cm³/mol. The Morgan fingerprint density at radius 1 is 0.788 bits per heavy atom. The molecule has 0 spiro atoms. The molecule has 0 saturated heterocycles. The summed E-state index contributed by atoms with van der Waals surface area (Å²) in [6.07, 6.45) is 6.21. The van der Waals surface area contributed by atoms with Gasteiger partial charge < -0.3 is 14.4 Å². The van der Waals surface area contributed by atoms with Crippen molar-refractivity contribution in [2.45, 2.75) is 74.0 Å². The number of hydrogen-bond acceptors (Lipinski definition) is 3. The first-order valence-corrected chi connectivity index (χ1v) is 21.6. The molecule has 0 aliphatic carbocycles. The summed E-state index contributed by atoms with van der Waals surface area (Å²) >= 11 is 0. The smallest absolute Gasteiger partial charge is 0.120 e. The topological polar surface area (TPSA) is 38.9 Å². The first kappa shape index (κ1) is 39.1. The molecule has 3 aromatic heterocycles. The molecule has 0 amide bonds. The molecule has 269 valence electrons. The maximum Gasteiger partial charge on any atom is 0.120 e. The molecule has 4 aromatic carbocycles. The van der Waals surface area contributed by atoms with Gasteiger partial charge in [-0.1, -0.05) is 143 Å². The fourth-order valence-electron chi connectivity index (χ4n) is 6.75. The van der Waals surface area contributed by atoms with Crippen molar-refractivity contribution in [3.8, 4) is 33.6 Å². The van der Waals surface area contributed by atoms with Crippen LogP contribution < -0.4 is 5.19 Å². The molecule has 0 atom stereocenters. The third-order valence-electron chi connectivity index (χ3n) is 9.14. The van der Waals surface area contributed by atoms with Gasteiger partial charge in [0.25, 0.3) is 0 Å². The van der Waals surface area contributed by atoms with Crippen molar-refractivity contribution in [1.82, 2.24) is 9.97 Å².